The Labute approximate surface area is 142 Å². The van der Waals surface area contributed by atoms with Crippen molar-refractivity contribution in [2.24, 2.45) is 0 Å². The molecule has 0 atom stereocenters. The van der Waals surface area contributed by atoms with Crippen molar-refractivity contribution < 1.29 is 4.53 Å². The van der Waals surface area contributed by atoms with E-state index >= 15 is 0 Å². The Balaban J connectivity index is 2.17. The van der Waals surface area contributed by atoms with Gasteiger partial charge in [0.05, 0.1) is 0 Å². The number of nitrogens with zero attached hydrogens (tertiary/aromatic N) is 1. The summed E-state index contributed by atoms with van der Waals surface area (Å²) in [5.74, 6) is 0. The lowest BCUT2D eigenvalue weighted by molar-refractivity contribution is -0.0903. The Bertz CT molecular complexity index is 549. The molecule has 0 aliphatic rings. The molecule has 0 radical (unpaired) electrons. The van der Waals surface area contributed by atoms with Crippen molar-refractivity contribution in [2.75, 3.05) is 0 Å². The maximum absolute atomic E-state index is 6.58. The Hall–Kier alpha value is -1.42. The van der Waals surface area contributed by atoms with Gasteiger partial charge >= 0.3 is 0 Å². The molecule has 3 heteroatoms. The Morgan fingerprint density at radius 1 is 0.783 bits per heavy atom. The van der Waals surface area contributed by atoms with Gasteiger partial charge in [-0.25, -0.2) is 0 Å². The van der Waals surface area contributed by atoms with Crippen molar-refractivity contribution in [2.45, 2.75) is 52.0 Å². The largest absolute Gasteiger partial charge is 0.342 e. The van der Waals surface area contributed by atoms with Crippen molar-refractivity contribution >= 4 is 8.32 Å². The highest BCUT2D eigenvalue weighted by molar-refractivity contribution is 6.74. The van der Waals surface area contributed by atoms with E-state index in [1.54, 1.807) is 0 Å². The minimum atomic E-state index is -1.85. The van der Waals surface area contributed by atoms with E-state index in [9.17, 15) is 0 Å². The molecule has 0 aliphatic heterocycles. The fraction of sp³-hybridized carbons (Fsp3) is 0.400. The molecule has 2 rings (SSSR count). The first-order chi connectivity index (χ1) is 10.8. The monoisotopic (exact) mass is 327 g/mol. The van der Waals surface area contributed by atoms with E-state index in [-0.39, 0.29) is 5.04 Å². The molecule has 0 heterocycles. The molecular formula is C20H29NOSi. The first-order valence-corrected chi connectivity index (χ1v) is 11.2. The van der Waals surface area contributed by atoms with Crippen LogP contribution in [0.4, 0.5) is 0 Å². The van der Waals surface area contributed by atoms with E-state index in [0.29, 0.717) is 0 Å². The van der Waals surface area contributed by atoms with Crippen LogP contribution in [0.15, 0.2) is 60.7 Å². The topological polar surface area (TPSA) is 12.5 Å². The van der Waals surface area contributed by atoms with Gasteiger partial charge in [-0.1, -0.05) is 81.4 Å². The third-order valence-electron chi connectivity index (χ3n) is 4.57. The van der Waals surface area contributed by atoms with E-state index in [2.05, 4.69) is 99.6 Å². The van der Waals surface area contributed by atoms with Crippen LogP contribution in [0.5, 0.6) is 0 Å². The maximum Gasteiger partial charge on any atom is 0.220 e. The lowest BCUT2D eigenvalue weighted by Crippen LogP contribution is -2.46. The number of benzene rings is 2. The molecule has 0 spiro atoms. The lowest BCUT2D eigenvalue weighted by atomic mass is 10.2. The van der Waals surface area contributed by atoms with Gasteiger partial charge in [0.1, 0.15) is 0 Å². The SMILES string of the molecule is CC(C)(C)[Si](C)(C)ON(Cc1ccccc1)Cc1ccccc1. The summed E-state index contributed by atoms with van der Waals surface area (Å²) in [5.41, 5.74) is 2.56. The lowest BCUT2D eigenvalue weighted by Gasteiger charge is -2.40. The third-order valence-corrected chi connectivity index (χ3v) is 8.89. The normalized spacial score (nSPS) is 12.6. The van der Waals surface area contributed by atoms with Gasteiger partial charge in [-0.15, -0.1) is 0 Å². The van der Waals surface area contributed by atoms with Crippen molar-refractivity contribution in [3.63, 3.8) is 0 Å². The maximum atomic E-state index is 6.58. The van der Waals surface area contributed by atoms with Crippen molar-refractivity contribution in [1.82, 2.24) is 5.06 Å². The summed E-state index contributed by atoms with van der Waals surface area (Å²) in [4.78, 5) is 0. The van der Waals surface area contributed by atoms with Gasteiger partial charge in [-0.05, 0) is 29.3 Å². The highest BCUT2D eigenvalue weighted by Crippen LogP contribution is 2.37. The van der Waals surface area contributed by atoms with Crippen molar-refractivity contribution in [1.29, 1.82) is 0 Å². The van der Waals surface area contributed by atoms with Crippen LogP contribution in [0.2, 0.25) is 18.1 Å². The molecule has 2 aromatic carbocycles. The molecule has 0 saturated heterocycles. The van der Waals surface area contributed by atoms with E-state index in [0.717, 1.165) is 13.1 Å². The Morgan fingerprint density at radius 3 is 1.52 bits per heavy atom. The predicted octanol–water partition coefficient (Wildman–Crippen LogP) is 5.63. The molecule has 0 bridgehead atoms. The smallest absolute Gasteiger partial charge is 0.220 e. The molecule has 23 heavy (non-hydrogen) atoms. The second-order valence-electron chi connectivity index (χ2n) is 7.62. The second-order valence-corrected chi connectivity index (χ2v) is 12.3. The Kier molecular flexibility index (Phi) is 5.79. The number of rotatable bonds is 6. The van der Waals surface area contributed by atoms with Crippen LogP contribution in [0.25, 0.3) is 0 Å². The molecule has 0 saturated carbocycles. The molecule has 0 aromatic heterocycles. The number of hydrogen-bond donors (Lipinski definition) is 0. The zero-order valence-electron chi connectivity index (χ0n) is 15.0. The molecule has 2 nitrogen and oxygen atoms in total. The van der Waals surface area contributed by atoms with Gasteiger partial charge < -0.3 is 4.53 Å². The van der Waals surface area contributed by atoms with Crippen LogP contribution in [-0.2, 0) is 17.6 Å². The zero-order chi connectivity index (χ0) is 16.9. The predicted molar refractivity (Wildman–Crippen MR) is 100 cm³/mol. The summed E-state index contributed by atoms with van der Waals surface area (Å²) in [6.45, 7) is 13.1. The molecular weight excluding hydrogens is 298 g/mol. The molecule has 0 aliphatic carbocycles. The minimum absolute atomic E-state index is 0.193. The summed E-state index contributed by atoms with van der Waals surface area (Å²) < 4.78 is 6.58. The standard InChI is InChI=1S/C20H29NOSi/c1-20(2,3)23(4,5)22-21(16-18-12-8-6-9-13-18)17-19-14-10-7-11-15-19/h6-15H,16-17H2,1-5H3. The first-order valence-electron chi connectivity index (χ1n) is 8.30. The van der Waals surface area contributed by atoms with Gasteiger partial charge in [-0.2, -0.15) is 5.06 Å². The third kappa shape index (κ3) is 5.31. The average Bonchev–Trinajstić information content (AvgIpc) is 2.47. The summed E-state index contributed by atoms with van der Waals surface area (Å²) >= 11 is 0. The quantitative estimate of drug-likeness (QED) is 0.504. The molecule has 0 N–H and O–H groups in total. The molecule has 0 fully saturated rings. The van der Waals surface area contributed by atoms with Crippen molar-refractivity contribution in [3.05, 3.63) is 71.8 Å². The fourth-order valence-electron chi connectivity index (χ4n) is 2.15. The second kappa shape index (κ2) is 7.43. The average molecular weight is 328 g/mol. The van der Waals surface area contributed by atoms with Crippen molar-refractivity contribution in [3.8, 4) is 0 Å². The van der Waals surface area contributed by atoms with Crippen LogP contribution in [0, 0.1) is 0 Å². The number of hydroxylamine groups is 2. The van der Waals surface area contributed by atoms with Crippen LogP contribution in [0.1, 0.15) is 31.9 Å². The van der Waals surface area contributed by atoms with E-state index < -0.39 is 8.32 Å². The van der Waals surface area contributed by atoms with Crippen LogP contribution in [0.3, 0.4) is 0 Å². The molecule has 2 aromatic rings. The van der Waals surface area contributed by atoms with E-state index in [1.165, 1.54) is 11.1 Å². The molecule has 0 unspecified atom stereocenters. The fourth-order valence-corrected chi connectivity index (χ4v) is 3.20. The zero-order valence-corrected chi connectivity index (χ0v) is 16.0. The summed E-state index contributed by atoms with van der Waals surface area (Å²) in [6.07, 6.45) is 0. The van der Waals surface area contributed by atoms with Gasteiger partial charge in [0.25, 0.3) is 0 Å². The van der Waals surface area contributed by atoms with Crippen LogP contribution in [-0.4, -0.2) is 13.4 Å². The highest BCUT2D eigenvalue weighted by atomic mass is 28.4. The van der Waals surface area contributed by atoms with E-state index in [4.69, 9.17) is 4.53 Å². The van der Waals surface area contributed by atoms with Crippen LogP contribution < -0.4 is 0 Å². The molecule has 0 amide bonds. The first kappa shape index (κ1) is 17.9. The molecule has 124 valence electrons. The minimum Gasteiger partial charge on any atom is -0.342 e. The van der Waals surface area contributed by atoms with Gasteiger partial charge in [0, 0.05) is 13.1 Å². The summed E-state index contributed by atoms with van der Waals surface area (Å²) in [7, 11) is -1.85. The van der Waals surface area contributed by atoms with Gasteiger partial charge in [0.15, 0.2) is 0 Å². The van der Waals surface area contributed by atoms with Gasteiger partial charge in [0.2, 0.25) is 8.32 Å². The number of hydrogen-bond acceptors (Lipinski definition) is 2. The van der Waals surface area contributed by atoms with Crippen LogP contribution >= 0.6 is 0 Å². The summed E-state index contributed by atoms with van der Waals surface area (Å²) in [5, 5.41) is 2.33. The van der Waals surface area contributed by atoms with E-state index in [1.807, 2.05) is 0 Å². The summed E-state index contributed by atoms with van der Waals surface area (Å²) in [6, 6.07) is 21.1. The highest BCUT2D eigenvalue weighted by Gasteiger charge is 2.39. The Morgan fingerprint density at radius 2 is 1.17 bits per heavy atom. The van der Waals surface area contributed by atoms with Gasteiger partial charge in [-0.3, -0.25) is 0 Å².